The van der Waals surface area contributed by atoms with Crippen molar-refractivity contribution in [3.8, 4) is 0 Å². The van der Waals surface area contributed by atoms with Gasteiger partial charge in [-0.05, 0) is 66.9 Å². The third-order valence-corrected chi connectivity index (χ3v) is 7.03. The van der Waals surface area contributed by atoms with Crippen LogP contribution in [0, 0.1) is 24.0 Å². The number of anilines is 2. The van der Waals surface area contributed by atoms with E-state index in [1.807, 2.05) is 68.4 Å². The number of nitro groups is 1. The third-order valence-electron chi connectivity index (χ3n) is 5.78. The predicted octanol–water partition coefficient (Wildman–Crippen LogP) is 6.94. The Morgan fingerprint density at radius 1 is 0.784 bits per heavy atom. The van der Waals surface area contributed by atoms with Gasteiger partial charge in [-0.25, -0.2) is 0 Å². The average molecular weight is 512 g/mol. The van der Waals surface area contributed by atoms with E-state index in [9.17, 15) is 19.7 Å². The topological polar surface area (TPSA) is 101 Å². The number of nitrogens with one attached hydrogen (secondary N) is 2. The number of nitro benzene ring substituents is 1. The first-order valence-corrected chi connectivity index (χ1v) is 12.4. The van der Waals surface area contributed by atoms with Crippen LogP contribution in [0.1, 0.15) is 32.3 Å². The van der Waals surface area contributed by atoms with Crippen LogP contribution in [0.3, 0.4) is 0 Å². The van der Waals surface area contributed by atoms with E-state index in [4.69, 9.17) is 0 Å². The van der Waals surface area contributed by atoms with Crippen molar-refractivity contribution in [1.82, 2.24) is 0 Å². The lowest BCUT2D eigenvalue weighted by Gasteiger charge is -2.18. The number of nitrogens with zero attached hydrogens (tertiary/aromatic N) is 1. The van der Waals surface area contributed by atoms with Crippen LogP contribution in [-0.2, 0) is 4.79 Å². The molecule has 2 N–H and O–H groups in total. The van der Waals surface area contributed by atoms with Gasteiger partial charge in [-0.2, -0.15) is 0 Å². The second-order valence-corrected chi connectivity index (χ2v) is 9.66. The quantitative estimate of drug-likeness (QED) is 0.152. The van der Waals surface area contributed by atoms with Crippen molar-refractivity contribution in [3.05, 3.63) is 129 Å². The molecule has 7 nitrogen and oxygen atoms in total. The molecule has 0 heterocycles. The number of non-ortho nitro benzene ring substituents is 1. The molecular weight excluding hydrogens is 486 g/mol. The van der Waals surface area contributed by atoms with Crippen molar-refractivity contribution in [3.63, 3.8) is 0 Å². The molecule has 8 heteroatoms. The van der Waals surface area contributed by atoms with Gasteiger partial charge in [0.25, 0.3) is 11.6 Å². The largest absolute Gasteiger partial charge is 0.325 e. The van der Waals surface area contributed by atoms with Gasteiger partial charge in [0.15, 0.2) is 0 Å². The van der Waals surface area contributed by atoms with Gasteiger partial charge in [0.2, 0.25) is 5.91 Å². The van der Waals surface area contributed by atoms with Crippen molar-refractivity contribution in [1.29, 1.82) is 0 Å². The fourth-order valence-corrected chi connectivity index (χ4v) is 4.76. The number of thioether (sulfide) groups is 1. The molecule has 186 valence electrons. The summed E-state index contributed by atoms with van der Waals surface area (Å²) in [4.78, 5) is 37.4. The van der Waals surface area contributed by atoms with E-state index in [2.05, 4.69) is 10.6 Å². The summed E-state index contributed by atoms with van der Waals surface area (Å²) in [6, 6.07) is 28.0. The lowest BCUT2D eigenvalue weighted by molar-refractivity contribution is -0.384. The van der Waals surface area contributed by atoms with Gasteiger partial charge < -0.3 is 10.6 Å². The molecule has 0 aliphatic carbocycles. The SMILES string of the molecule is Cc1ccc(NC(=O)C(Sc2cccc(NC(=O)c3cccc([N+](=O)[O-])c3)c2)c2ccccc2)cc1C. The molecule has 4 aromatic carbocycles. The van der Waals surface area contributed by atoms with Crippen LogP contribution in [-0.4, -0.2) is 16.7 Å². The van der Waals surface area contributed by atoms with Crippen LogP contribution in [0.2, 0.25) is 0 Å². The summed E-state index contributed by atoms with van der Waals surface area (Å²) >= 11 is 1.37. The molecule has 37 heavy (non-hydrogen) atoms. The normalized spacial score (nSPS) is 11.4. The second kappa shape index (κ2) is 11.5. The number of carbonyl (C=O) groups excluding carboxylic acids is 2. The highest BCUT2D eigenvalue weighted by atomic mass is 32.2. The summed E-state index contributed by atoms with van der Waals surface area (Å²) < 4.78 is 0. The molecule has 0 aliphatic rings. The predicted molar refractivity (Wildman–Crippen MR) is 147 cm³/mol. The van der Waals surface area contributed by atoms with Gasteiger partial charge in [0.05, 0.1) is 4.92 Å². The van der Waals surface area contributed by atoms with Crippen LogP contribution in [0.25, 0.3) is 0 Å². The molecule has 1 atom stereocenters. The maximum Gasteiger partial charge on any atom is 0.270 e. The molecule has 0 fully saturated rings. The summed E-state index contributed by atoms with van der Waals surface area (Å²) in [6.07, 6.45) is 0. The minimum atomic E-state index is -0.541. The molecule has 0 aromatic heterocycles. The van der Waals surface area contributed by atoms with Gasteiger partial charge in [-0.3, -0.25) is 19.7 Å². The van der Waals surface area contributed by atoms with Crippen molar-refractivity contribution in [2.24, 2.45) is 0 Å². The fraction of sp³-hybridized carbons (Fsp3) is 0.103. The summed E-state index contributed by atoms with van der Waals surface area (Å²) in [5.41, 5.74) is 4.36. The summed E-state index contributed by atoms with van der Waals surface area (Å²) in [5, 5.41) is 16.3. The fourth-order valence-electron chi connectivity index (χ4n) is 3.67. The number of hydrogen-bond donors (Lipinski definition) is 2. The van der Waals surface area contributed by atoms with E-state index >= 15 is 0 Å². The van der Waals surface area contributed by atoms with Crippen molar-refractivity contribution in [2.75, 3.05) is 10.6 Å². The molecule has 1 unspecified atom stereocenters. The van der Waals surface area contributed by atoms with Gasteiger partial charge in [0.1, 0.15) is 5.25 Å². The Morgan fingerprint density at radius 3 is 2.24 bits per heavy atom. The number of aryl methyl sites for hydroxylation is 2. The number of benzene rings is 4. The minimum Gasteiger partial charge on any atom is -0.325 e. The molecule has 0 aliphatic heterocycles. The lowest BCUT2D eigenvalue weighted by atomic mass is 10.1. The standard InChI is InChI=1S/C29H25N3O4S/c1-19-14-15-24(16-20(19)2)31-29(34)27(21-8-4-3-5-9-21)37-26-13-7-11-23(18-26)30-28(33)22-10-6-12-25(17-22)32(35)36/h3-18,27H,1-2H3,(H,30,33)(H,31,34). The minimum absolute atomic E-state index is 0.155. The summed E-state index contributed by atoms with van der Waals surface area (Å²) in [7, 11) is 0. The highest BCUT2D eigenvalue weighted by molar-refractivity contribution is 8.00. The lowest BCUT2D eigenvalue weighted by Crippen LogP contribution is -2.19. The van der Waals surface area contributed by atoms with E-state index in [1.165, 1.54) is 36.0 Å². The average Bonchev–Trinajstić information content (AvgIpc) is 2.90. The highest BCUT2D eigenvalue weighted by Crippen LogP contribution is 2.37. The maximum absolute atomic E-state index is 13.4. The Hall–Kier alpha value is -4.43. The number of rotatable bonds is 8. The molecule has 0 bridgehead atoms. The molecule has 4 rings (SSSR count). The Labute approximate surface area is 219 Å². The molecule has 0 spiro atoms. The van der Waals surface area contributed by atoms with E-state index in [1.54, 1.807) is 18.2 Å². The zero-order valence-electron chi connectivity index (χ0n) is 20.3. The molecule has 0 saturated heterocycles. The van der Waals surface area contributed by atoms with Gasteiger partial charge in [-0.1, -0.05) is 48.5 Å². The van der Waals surface area contributed by atoms with E-state index < -0.39 is 16.1 Å². The van der Waals surface area contributed by atoms with Crippen molar-refractivity contribution in [2.45, 2.75) is 24.0 Å². The van der Waals surface area contributed by atoms with Crippen LogP contribution in [0.5, 0.6) is 0 Å². The van der Waals surface area contributed by atoms with Crippen molar-refractivity contribution < 1.29 is 14.5 Å². The monoisotopic (exact) mass is 511 g/mol. The van der Waals surface area contributed by atoms with Crippen LogP contribution in [0.15, 0.2) is 102 Å². The zero-order valence-corrected chi connectivity index (χ0v) is 21.1. The van der Waals surface area contributed by atoms with E-state index in [0.29, 0.717) is 5.69 Å². The van der Waals surface area contributed by atoms with Crippen LogP contribution < -0.4 is 10.6 Å². The Morgan fingerprint density at radius 2 is 1.51 bits per heavy atom. The highest BCUT2D eigenvalue weighted by Gasteiger charge is 2.23. The molecule has 4 aromatic rings. The van der Waals surface area contributed by atoms with Gasteiger partial charge >= 0.3 is 0 Å². The van der Waals surface area contributed by atoms with Crippen LogP contribution in [0.4, 0.5) is 17.1 Å². The first-order chi connectivity index (χ1) is 17.8. The van der Waals surface area contributed by atoms with E-state index in [-0.39, 0.29) is 17.2 Å². The van der Waals surface area contributed by atoms with E-state index in [0.717, 1.165) is 27.3 Å². The Bertz CT molecular complexity index is 1460. The first kappa shape index (κ1) is 25.7. The van der Waals surface area contributed by atoms with Crippen LogP contribution >= 0.6 is 11.8 Å². The summed E-state index contributed by atoms with van der Waals surface area (Å²) in [6.45, 7) is 4.02. The zero-order chi connectivity index (χ0) is 26.4. The first-order valence-electron chi connectivity index (χ1n) is 11.6. The molecular formula is C29H25N3O4S. The Kier molecular flexibility index (Phi) is 8.00. The van der Waals surface area contributed by atoms with Crippen molar-refractivity contribution >= 4 is 40.6 Å². The number of hydrogen-bond acceptors (Lipinski definition) is 5. The van der Waals surface area contributed by atoms with Gasteiger partial charge in [-0.15, -0.1) is 11.8 Å². The third kappa shape index (κ3) is 6.62. The molecule has 0 saturated carbocycles. The number of amides is 2. The second-order valence-electron chi connectivity index (χ2n) is 8.49. The smallest absolute Gasteiger partial charge is 0.270 e. The maximum atomic E-state index is 13.4. The number of carbonyl (C=O) groups is 2. The molecule has 0 radical (unpaired) electrons. The summed E-state index contributed by atoms with van der Waals surface area (Å²) in [5.74, 6) is -0.622. The van der Waals surface area contributed by atoms with Gasteiger partial charge in [0, 0.05) is 34.0 Å². The molecule has 2 amide bonds. The Balaban J connectivity index is 1.54.